The second-order valence-electron chi connectivity index (χ2n) is 5.02. The highest BCUT2D eigenvalue weighted by Crippen LogP contribution is 2.18. The van der Waals surface area contributed by atoms with Gasteiger partial charge in [0.1, 0.15) is 5.82 Å². The van der Waals surface area contributed by atoms with Gasteiger partial charge in [0.15, 0.2) is 23.3 Å². The summed E-state index contributed by atoms with van der Waals surface area (Å²) in [6.45, 7) is 0. The molecule has 3 aromatic rings. The summed E-state index contributed by atoms with van der Waals surface area (Å²) in [6.07, 6.45) is 0. The summed E-state index contributed by atoms with van der Waals surface area (Å²) in [5.41, 5.74) is 0.440. The molecule has 2 aromatic carbocycles. The van der Waals surface area contributed by atoms with Crippen molar-refractivity contribution < 1.29 is 18.0 Å². The minimum atomic E-state index is -0.989. The fourth-order valence-corrected chi connectivity index (χ4v) is 2.01. The molecule has 0 saturated heterocycles. The normalized spacial score (nSPS) is 10.4. The standard InChI is InChI=1S/C17H11F3N4O/c18-11-3-1-2-10(8-11)17(25)22-16-7-6-15(23-24-16)21-12-4-5-13(19)14(20)9-12/h1-9H,(H,21,23)(H,22,24,25). The number of hydrogen-bond donors (Lipinski definition) is 2. The summed E-state index contributed by atoms with van der Waals surface area (Å²) < 4.78 is 39.1. The fourth-order valence-electron chi connectivity index (χ4n) is 2.01. The van der Waals surface area contributed by atoms with Crippen LogP contribution in [0.2, 0.25) is 0 Å². The average Bonchev–Trinajstić information content (AvgIpc) is 2.60. The van der Waals surface area contributed by atoms with Gasteiger partial charge in [-0.15, -0.1) is 10.2 Å². The number of anilines is 3. The third-order valence-corrected chi connectivity index (χ3v) is 3.18. The first kappa shape index (κ1) is 16.4. The number of hydrogen-bond acceptors (Lipinski definition) is 4. The van der Waals surface area contributed by atoms with Crippen molar-refractivity contribution in [1.82, 2.24) is 10.2 Å². The molecule has 0 radical (unpaired) electrons. The van der Waals surface area contributed by atoms with Gasteiger partial charge in [0, 0.05) is 17.3 Å². The van der Waals surface area contributed by atoms with Gasteiger partial charge in [-0.2, -0.15) is 0 Å². The molecule has 0 unspecified atom stereocenters. The Labute approximate surface area is 140 Å². The lowest BCUT2D eigenvalue weighted by molar-refractivity contribution is 0.102. The largest absolute Gasteiger partial charge is 0.339 e. The first-order chi connectivity index (χ1) is 12.0. The van der Waals surface area contributed by atoms with Crippen LogP contribution >= 0.6 is 0 Å². The van der Waals surface area contributed by atoms with E-state index < -0.39 is 23.4 Å². The highest BCUT2D eigenvalue weighted by molar-refractivity contribution is 6.03. The summed E-state index contributed by atoms with van der Waals surface area (Å²) >= 11 is 0. The molecule has 0 fully saturated rings. The maximum Gasteiger partial charge on any atom is 0.256 e. The molecular weight excluding hydrogens is 333 g/mol. The number of rotatable bonds is 4. The number of carbonyl (C=O) groups excluding carboxylic acids is 1. The van der Waals surface area contributed by atoms with Crippen LogP contribution in [0.25, 0.3) is 0 Å². The minimum Gasteiger partial charge on any atom is -0.339 e. The van der Waals surface area contributed by atoms with Crippen LogP contribution in [-0.4, -0.2) is 16.1 Å². The van der Waals surface area contributed by atoms with Crippen LogP contribution < -0.4 is 10.6 Å². The van der Waals surface area contributed by atoms with E-state index in [-0.39, 0.29) is 17.2 Å². The molecule has 0 atom stereocenters. The molecule has 0 aliphatic heterocycles. The molecule has 0 aliphatic rings. The molecule has 2 N–H and O–H groups in total. The topological polar surface area (TPSA) is 66.9 Å². The van der Waals surface area contributed by atoms with E-state index in [1.165, 1.54) is 36.4 Å². The second-order valence-corrected chi connectivity index (χ2v) is 5.02. The van der Waals surface area contributed by atoms with Crippen LogP contribution in [0.5, 0.6) is 0 Å². The van der Waals surface area contributed by atoms with E-state index in [0.29, 0.717) is 5.69 Å². The molecule has 126 valence electrons. The van der Waals surface area contributed by atoms with Gasteiger partial charge in [0.2, 0.25) is 0 Å². The number of benzene rings is 2. The van der Waals surface area contributed by atoms with Gasteiger partial charge in [-0.05, 0) is 42.5 Å². The molecule has 0 saturated carbocycles. The average molecular weight is 344 g/mol. The maximum atomic E-state index is 13.2. The Kier molecular flexibility index (Phi) is 4.60. The van der Waals surface area contributed by atoms with Crippen molar-refractivity contribution in [2.24, 2.45) is 0 Å². The molecule has 25 heavy (non-hydrogen) atoms. The highest BCUT2D eigenvalue weighted by atomic mass is 19.2. The molecule has 3 rings (SSSR count). The lowest BCUT2D eigenvalue weighted by Crippen LogP contribution is -2.13. The smallest absolute Gasteiger partial charge is 0.256 e. The third-order valence-electron chi connectivity index (χ3n) is 3.18. The van der Waals surface area contributed by atoms with E-state index in [0.717, 1.165) is 18.2 Å². The van der Waals surface area contributed by atoms with Crippen LogP contribution in [0.4, 0.5) is 30.5 Å². The van der Waals surface area contributed by atoms with Crippen molar-refractivity contribution >= 4 is 23.2 Å². The second kappa shape index (κ2) is 7.00. The number of amides is 1. The quantitative estimate of drug-likeness (QED) is 0.753. The lowest BCUT2D eigenvalue weighted by Gasteiger charge is -2.07. The van der Waals surface area contributed by atoms with Crippen LogP contribution in [0.3, 0.4) is 0 Å². The maximum absolute atomic E-state index is 13.2. The van der Waals surface area contributed by atoms with Crippen molar-refractivity contribution in [3.8, 4) is 0 Å². The van der Waals surface area contributed by atoms with Crippen LogP contribution in [0.1, 0.15) is 10.4 Å². The number of aromatic nitrogens is 2. The van der Waals surface area contributed by atoms with Gasteiger partial charge in [-0.1, -0.05) is 6.07 Å². The molecule has 1 amide bonds. The Morgan fingerprint density at radius 3 is 2.28 bits per heavy atom. The molecule has 0 bridgehead atoms. The molecule has 1 aromatic heterocycles. The zero-order valence-corrected chi connectivity index (χ0v) is 12.6. The van der Waals surface area contributed by atoms with Crippen molar-refractivity contribution in [1.29, 1.82) is 0 Å². The van der Waals surface area contributed by atoms with E-state index in [1.807, 2.05) is 0 Å². The predicted molar refractivity (Wildman–Crippen MR) is 86.0 cm³/mol. The Hall–Kier alpha value is -3.42. The predicted octanol–water partition coefficient (Wildman–Crippen LogP) is 3.89. The van der Waals surface area contributed by atoms with Crippen molar-refractivity contribution in [2.45, 2.75) is 0 Å². The summed E-state index contributed by atoms with van der Waals surface area (Å²) in [7, 11) is 0. The fraction of sp³-hybridized carbons (Fsp3) is 0. The molecular formula is C17H11F3N4O. The zero-order valence-electron chi connectivity index (χ0n) is 12.6. The molecule has 8 heteroatoms. The van der Waals surface area contributed by atoms with Gasteiger partial charge < -0.3 is 10.6 Å². The SMILES string of the molecule is O=C(Nc1ccc(Nc2ccc(F)c(F)c2)nn1)c1cccc(F)c1. The summed E-state index contributed by atoms with van der Waals surface area (Å²) in [4.78, 5) is 12.0. The van der Waals surface area contributed by atoms with Crippen LogP contribution in [0.15, 0.2) is 54.6 Å². The monoisotopic (exact) mass is 344 g/mol. The van der Waals surface area contributed by atoms with Crippen molar-refractivity contribution in [3.63, 3.8) is 0 Å². The van der Waals surface area contributed by atoms with Crippen LogP contribution in [0, 0.1) is 17.5 Å². The molecule has 0 spiro atoms. The highest BCUT2D eigenvalue weighted by Gasteiger charge is 2.09. The molecule has 0 aliphatic carbocycles. The Morgan fingerprint density at radius 2 is 1.60 bits per heavy atom. The van der Waals surface area contributed by atoms with Gasteiger partial charge in [-0.25, -0.2) is 13.2 Å². The number of carbonyl (C=O) groups is 1. The third kappa shape index (κ3) is 4.11. The summed E-state index contributed by atoms with van der Waals surface area (Å²) in [5.74, 6) is -2.57. The van der Waals surface area contributed by atoms with Gasteiger partial charge in [0.25, 0.3) is 5.91 Å². The van der Waals surface area contributed by atoms with Gasteiger partial charge in [-0.3, -0.25) is 4.79 Å². The number of halogens is 3. The lowest BCUT2D eigenvalue weighted by atomic mass is 10.2. The van der Waals surface area contributed by atoms with E-state index >= 15 is 0 Å². The van der Waals surface area contributed by atoms with Gasteiger partial charge in [0.05, 0.1) is 0 Å². The first-order valence-corrected chi connectivity index (χ1v) is 7.14. The molecule has 1 heterocycles. The minimum absolute atomic E-state index is 0.144. The Morgan fingerprint density at radius 1 is 0.840 bits per heavy atom. The number of nitrogens with one attached hydrogen (secondary N) is 2. The number of nitrogens with zero attached hydrogens (tertiary/aromatic N) is 2. The van der Waals surface area contributed by atoms with Crippen molar-refractivity contribution in [3.05, 3.63) is 77.6 Å². The van der Waals surface area contributed by atoms with Crippen molar-refractivity contribution in [2.75, 3.05) is 10.6 Å². The Bertz CT molecular complexity index is 916. The van der Waals surface area contributed by atoms with E-state index in [2.05, 4.69) is 20.8 Å². The summed E-state index contributed by atoms with van der Waals surface area (Å²) in [5, 5.41) is 12.8. The first-order valence-electron chi connectivity index (χ1n) is 7.14. The van der Waals surface area contributed by atoms with E-state index in [1.54, 1.807) is 0 Å². The Balaban J connectivity index is 1.67. The van der Waals surface area contributed by atoms with Gasteiger partial charge >= 0.3 is 0 Å². The van der Waals surface area contributed by atoms with E-state index in [4.69, 9.17) is 0 Å². The van der Waals surface area contributed by atoms with E-state index in [9.17, 15) is 18.0 Å². The van der Waals surface area contributed by atoms with Crippen LogP contribution in [-0.2, 0) is 0 Å². The zero-order chi connectivity index (χ0) is 17.8. The molecule has 5 nitrogen and oxygen atoms in total. The summed E-state index contributed by atoms with van der Waals surface area (Å²) in [6, 6.07) is 11.5.